The summed E-state index contributed by atoms with van der Waals surface area (Å²) in [6, 6.07) is 3.72. The maximum atomic E-state index is 7.18. The minimum atomic E-state index is 0. The summed E-state index contributed by atoms with van der Waals surface area (Å²) in [7, 11) is 1.67. The van der Waals surface area contributed by atoms with Gasteiger partial charge in [-0.25, -0.2) is 0 Å². The Labute approximate surface area is 102 Å². The van der Waals surface area contributed by atoms with Gasteiger partial charge in [0.1, 0.15) is 0 Å². The fourth-order valence-electron chi connectivity index (χ4n) is 1.10. The molecule has 0 saturated carbocycles. The van der Waals surface area contributed by atoms with Crippen LogP contribution in [0.5, 0.6) is 0 Å². The van der Waals surface area contributed by atoms with E-state index < -0.39 is 0 Å². The Morgan fingerprint density at radius 1 is 1.47 bits per heavy atom. The minimum absolute atomic E-state index is 0. The van der Waals surface area contributed by atoms with Crippen LogP contribution in [-0.4, -0.2) is 24.0 Å². The van der Waals surface area contributed by atoms with Crippen molar-refractivity contribution in [2.45, 2.75) is 20.8 Å². The Balaban J connectivity index is 0. The molecule has 0 atom stereocenters. The highest BCUT2D eigenvalue weighted by Gasteiger charge is 2.01. The zero-order valence-corrected chi connectivity index (χ0v) is 10.8. The van der Waals surface area contributed by atoms with E-state index in [1.165, 1.54) is 6.21 Å². The summed E-state index contributed by atoms with van der Waals surface area (Å²) in [5, 5.41) is 7.18. The molecule has 0 aliphatic carbocycles. The van der Waals surface area contributed by atoms with Gasteiger partial charge in [-0.3, -0.25) is 14.7 Å². The summed E-state index contributed by atoms with van der Waals surface area (Å²) in [6.07, 6.45) is 2.94. The highest BCUT2D eigenvalue weighted by molar-refractivity contribution is 6.37. The summed E-state index contributed by atoms with van der Waals surface area (Å²) in [5.74, 6) is 0. The second-order valence-electron chi connectivity index (χ2n) is 2.96. The van der Waals surface area contributed by atoms with Crippen molar-refractivity contribution in [2.75, 3.05) is 7.05 Å². The van der Waals surface area contributed by atoms with E-state index in [2.05, 4.69) is 16.6 Å². The lowest BCUT2D eigenvalue weighted by atomic mass is 10.1. The SMILES string of the molecule is C=C(C)c1cc(C(C=N)=NC)ccn1.CC.F. The van der Waals surface area contributed by atoms with Crippen LogP contribution in [0.3, 0.4) is 0 Å². The molecule has 0 fully saturated rings. The third kappa shape index (κ3) is 5.15. The van der Waals surface area contributed by atoms with E-state index >= 15 is 0 Å². The number of hydrogen-bond donors (Lipinski definition) is 1. The van der Waals surface area contributed by atoms with Crippen molar-refractivity contribution in [2.24, 2.45) is 4.99 Å². The molecule has 1 aromatic heterocycles. The fourth-order valence-corrected chi connectivity index (χ4v) is 1.10. The van der Waals surface area contributed by atoms with Gasteiger partial charge >= 0.3 is 0 Å². The molecule has 0 unspecified atom stereocenters. The van der Waals surface area contributed by atoms with E-state index in [9.17, 15) is 0 Å². The van der Waals surface area contributed by atoms with Crippen LogP contribution in [0.4, 0.5) is 4.70 Å². The molecule has 94 valence electrons. The van der Waals surface area contributed by atoms with E-state index in [-0.39, 0.29) is 4.70 Å². The van der Waals surface area contributed by atoms with Crippen LogP contribution in [0.2, 0.25) is 0 Å². The van der Waals surface area contributed by atoms with Crippen molar-refractivity contribution in [3.63, 3.8) is 0 Å². The smallest absolute Gasteiger partial charge is 0.0819 e. The first-order valence-corrected chi connectivity index (χ1v) is 5.28. The summed E-state index contributed by atoms with van der Waals surface area (Å²) in [6.45, 7) is 9.72. The van der Waals surface area contributed by atoms with Gasteiger partial charge < -0.3 is 5.41 Å². The predicted octanol–water partition coefficient (Wildman–Crippen LogP) is 3.36. The largest absolute Gasteiger partial charge is 0.306 e. The maximum absolute atomic E-state index is 7.18. The topological polar surface area (TPSA) is 49.1 Å². The third-order valence-corrected chi connectivity index (χ3v) is 1.87. The number of aromatic nitrogens is 1. The molecule has 0 spiro atoms. The minimum Gasteiger partial charge on any atom is -0.306 e. The first-order chi connectivity index (χ1) is 7.69. The van der Waals surface area contributed by atoms with Crippen molar-refractivity contribution in [1.29, 1.82) is 5.41 Å². The highest BCUT2D eigenvalue weighted by atomic mass is 19.0. The third-order valence-electron chi connectivity index (χ3n) is 1.87. The monoisotopic (exact) mass is 237 g/mol. The molecule has 0 amide bonds. The van der Waals surface area contributed by atoms with Gasteiger partial charge in [-0.05, 0) is 24.6 Å². The average molecular weight is 237 g/mol. The molecule has 0 bridgehead atoms. The Hall–Kier alpha value is -1.84. The average Bonchev–Trinajstić information content (AvgIpc) is 2.33. The lowest BCUT2D eigenvalue weighted by molar-refractivity contribution is 1.11. The van der Waals surface area contributed by atoms with Crippen LogP contribution in [0.25, 0.3) is 5.57 Å². The number of nitrogens with one attached hydrogen (secondary N) is 1. The molecule has 1 rings (SSSR count). The van der Waals surface area contributed by atoms with Gasteiger partial charge in [-0.15, -0.1) is 0 Å². The summed E-state index contributed by atoms with van der Waals surface area (Å²) < 4.78 is 0. The predicted molar refractivity (Wildman–Crippen MR) is 74.0 cm³/mol. The maximum Gasteiger partial charge on any atom is 0.0819 e. The molecule has 3 nitrogen and oxygen atoms in total. The molecular weight excluding hydrogens is 217 g/mol. The number of halogens is 1. The summed E-state index contributed by atoms with van der Waals surface area (Å²) in [5.41, 5.74) is 3.29. The Morgan fingerprint density at radius 3 is 2.47 bits per heavy atom. The molecule has 0 saturated heterocycles. The second kappa shape index (κ2) is 9.39. The second-order valence-corrected chi connectivity index (χ2v) is 2.96. The standard InChI is InChI=1S/C11H13N3.C2H6.FH/c1-8(2)10-6-9(4-5-14-10)11(7-12)13-3;1-2;/h4-7,12H,1H2,2-3H3;1-2H3;1H. The summed E-state index contributed by atoms with van der Waals surface area (Å²) in [4.78, 5) is 8.15. The Bertz CT molecular complexity index is 397. The molecule has 0 radical (unpaired) electrons. The number of nitrogens with zero attached hydrogens (tertiary/aromatic N) is 2. The molecule has 0 aliphatic heterocycles. The van der Waals surface area contributed by atoms with Crippen molar-refractivity contribution < 1.29 is 4.70 Å². The Kier molecular flexibility index (Phi) is 9.70. The van der Waals surface area contributed by atoms with Gasteiger partial charge in [0.15, 0.2) is 0 Å². The van der Waals surface area contributed by atoms with Crippen LogP contribution in [-0.2, 0) is 0 Å². The molecule has 1 aromatic rings. The van der Waals surface area contributed by atoms with Gasteiger partial charge in [0.25, 0.3) is 0 Å². The lowest BCUT2D eigenvalue weighted by Crippen LogP contribution is -2.02. The van der Waals surface area contributed by atoms with Crippen molar-refractivity contribution in [1.82, 2.24) is 4.98 Å². The molecule has 0 aromatic carbocycles. The molecule has 17 heavy (non-hydrogen) atoms. The van der Waals surface area contributed by atoms with E-state index in [1.54, 1.807) is 13.2 Å². The quantitative estimate of drug-likeness (QED) is 0.805. The highest BCUT2D eigenvalue weighted by Crippen LogP contribution is 2.10. The van der Waals surface area contributed by atoms with E-state index in [0.717, 1.165) is 16.8 Å². The van der Waals surface area contributed by atoms with Crippen LogP contribution < -0.4 is 0 Å². The molecule has 4 heteroatoms. The van der Waals surface area contributed by atoms with Crippen LogP contribution in [0.15, 0.2) is 29.9 Å². The number of allylic oxidation sites excluding steroid dienone is 1. The lowest BCUT2D eigenvalue weighted by Gasteiger charge is -2.02. The normalized spacial score (nSPS) is 9.53. The zero-order chi connectivity index (χ0) is 12.6. The number of pyridine rings is 1. The summed E-state index contributed by atoms with van der Waals surface area (Å²) >= 11 is 0. The molecule has 1 heterocycles. The van der Waals surface area contributed by atoms with Crippen molar-refractivity contribution >= 4 is 17.5 Å². The Morgan fingerprint density at radius 2 is 2.06 bits per heavy atom. The first-order valence-electron chi connectivity index (χ1n) is 5.28. The van der Waals surface area contributed by atoms with Gasteiger partial charge in [-0.2, -0.15) is 0 Å². The van der Waals surface area contributed by atoms with E-state index in [0.29, 0.717) is 5.71 Å². The van der Waals surface area contributed by atoms with Crippen LogP contribution in [0.1, 0.15) is 32.0 Å². The van der Waals surface area contributed by atoms with Crippen molar-refractivity contribution in [3.05, 3.63) is 36.2 Å². The number of rotatable bonds is 3. The zero-order valence-electron chi connectivity index (χ0n) is 10.8. The molecular formula is C13H20FN3. The van der Waals surface area contributed by atoms with E-state index in [1.807, 2.05) is 32.9 Å². The van der Waals surface area contributed by atoms with E-state index in [4.69, 9.17) is 5.41 Å². The van der Waals surface area contributed by atoms with Crippen LogP contribution in [0, 0.1) is 5.41 Å². The van der Waals surface area contributed by atoms with Gasteiger partial charge in [-0.1, -0.05) is 20.4 Å². The van der Waals surface area contributed by atoms with Crippen molar-refractivity contribution in [3.8, 4) is 0 Å². The van der Waals surface area contributed by atoms with Gasteiger partial charge in [0, 0.05) is 25.0 Å². The van der Waals surface area contributed by atoms with Gasteiger partial charge in [0.2, 0.25) is 0 Å². The number of aliphatic imine (C=N–C) groups is 1. The number of hydrogen-bond acceptors (Lipinski definition) is 3. The molecule has 1 N–H and O–H groups in total. The molecule has 0 aliphatic rings. The van der Waals surface area contributed by atoms with Crippen LogP contribution >= 0.6 is 0 Å². The van der Waals surface area contributed by atoms with Gasteiger partial charge in [0.05, 0.1) is 11.4 Å². The fraction of sp³-hybridized carbons (Fsp3) is 0.308. The first kappa shape index (κ1) is 17.6.